The van der Waals surface area contributed by atoms with Crippen molar-refractivity contribution in [2.45, 2.75) is 44.6 Å². The molecule has 1 fully saturated rings. The minimum atomic E-state index is -1.22. The summed E-state index contributed by atoms with van der Waals surface area (Å²) < 4.78 is 5.74. The molecule has 0 atom stereocenters. The average molecular weight is 405 g/mol. The molecule has 9 heteroatoms. The number of aliphatic carboxylic acids is 1. The van der Waals surface area contributed by atoms with Crippen molar-refractivity contribution in [3.8, 4) is 5.88 Å². The molecule has 0 aromatic carbocycles. The minimum absolute atomic E-state index is 0.193. The fourth-order valence-electron chi connectivity index (χ4n) is 3.06. The van der Waals surface area contributed by atoms with E-state index in [1.807, 2.05) is 23.5 Å². The summed E-state index contributed by atoms with van der Waals surface area (Å²) in [6, 6.07) is 5.80. The molecule has 0 radical (unpaired) electrons. The molecule has 1 saturated carbocycles. The second-order valence-electron chi connectivity index (χ2n) is 6.92. The van der Waals surface area contributed by atoms with Crippen molar-refractivity contribution >= 4 is 17.8 Å². The predicted molar refractivity (Wildman–Crippen MR) is 104 cm³/mol. The Morgan fingerprint density at radius 1 is 1.28 bits per heavy atom. The van der Waals surface area contributed by atoms with Gasteiger partial charge in [-0.2, -0.15) is 0 Å². The van der Waals surface area contributed by atoms with E-state index in [4.69, 9.17) is 9.84 Å². The first kappa shape index (κ1) is 22.2. The van der Waals surface area contributed by atoms with Crippen LogP contribution in [0.25, 0.3) is 0 Å². The summed E-state index contributed by atoms with van der Waals surface area (Å²) in [5, 5.41) is 19.8. The van der Waals surface area contributed by atoms with E-state index in [-0.39, 0.29) is 17.8 Å². The Bertz CT molecular complexity index is 744. The number of ether oxygens (including phenoxy) is 1. The maximum Gasteiger partial charge on any atom is 0.322 e. The van der Waals surface area contributed by atoms with Crippen LogP contribution in [0.1, 0.15) is 38.5 Å². The van der Waals surface area contributed by atoms with E-state index in [0.29, 0.717) is 12.6 Å². The second kappa shape index (κ2) is 11.0. The van der Waals surface area contributed by atoms with Crippen molar-refractivity contribution in [2.24, 2.45) is 0 Å². The van der Waals surface area contributed by atoms with Crippen molar-refractivity contribution in [3.63, 3.8) is 0 Å². The predicted octanol–water partition coefficient (Wildman–Crippen LogP) is 1.65. The SMILES string of the molecule is CN1CCC(O)=C(C(=O)NCC(=O)O)C1=O.c1ccc(OC2CCCCC2)nc1. The lowest BCUT2D eigenvalue weighted by molar-refractivity contribution is -0.138. The van der Waals surface area contributed by atoms with Gasteiger partial charge in [0.05, 0.1) is 0 Å². The van der Waals surface area contributed by atoms with E-state index < -0.39 is 24.3 Å². The fraction of sp³-hybridized carbons (Fsp3) is 0.500. The number of hydrogen-bond donors (Lipinski definition) is 3. The smallest absolute Gasteiger partial charge is 0.322 e. The number of amides is 2. The Labute approximate surface area is 169 Å². The van der Waals surface area contributed by atoms with Crippen LogP contribution in [0.4, 0.5) is 0 Å². The third kappa shape index (κ3) is 7.10. The Morgan fingerprint density at radius 3 is 2.62 bits per heavy atom. The van der Waals surface area contributed by atoms with Gasteiger partial charge in [0.1, 0.15) is 24.0 Å². The van der Waals surface area contributed by atoms with Crippen molar-refractivity contribution in [3.05, 3.63) is 35.7 Å². The number of hydrogen-bond acceptors (Lipinski definition) is 6. The van der Waals surface area contributed by atoms with E-state index in [0.717, 1.165) is 5.88 Å². The average Bonchev–Trinajstić information content (AvgIpc) is 2.71. The lowest BCUT2D eigenvalue weighted by Gasteiger charge is -2.23. The Kier molecular flexibility index (Phi) is 8.45. The van der Waals surface area contributed by atoms with Gasteiger partial charge in [-0.1, -0.05) is 12.5 Å². The third-order valence-corrected chi connectivity index (χ3v) is 4.64. The van der Waals surface area contributed by atoms with Gasteiger partial charge in [-0.3, -0.25) is 14.4 Å². The Morgan fingerprint density at radius 2 is 2.00 bits per heavy atom. The molecule has 0 saturated heterocycles. The number of aromatic nitrogens is 1. The van der Waals surface area contributed by atoms with E-state index >= 15 is 0 Å². The number of rotatable bonds is 5. The number of carboxylic acids is 1. The summed E-state index contributed by atoms with van der Waals surface area (Å²) in [4.78, 5) is 38.6. The number of aliphatic hydroxyl groups is 1. The number of carbonyl (C=O) groups excluding carboxylic acids is 2. The summed E-state index contributed by atoms with van der Waals surface area (Å²) in [7, 11) is 1.50. The van der Waals surface area contributed by atoms with Crippen molar-refractivity contribution in [1.29, 1.82) is 0 Å². The lowest BCUT2D eigenvalue weighted by atomic mass is 9.98. The number of carboxylic acid groups (broad SMARTS) is 1. The van der Waals surface area contributed by atoms with E-state index in [9.17, 15) is 19.5 Å². The first-order valence-corrected chi connectivity index (χ1v) is 9.63. The molecule has 29 heavy (non-hydrogen) atoms. The highest BCUT2D eigenvalue weighted by Gasteiger charge is 2.30. The summed E-state index contributed by atoms with van der Waals surface area (Å²) in [6.07, 6.45) is 8.73. The van der Waals surface area contributed by atoms with Gasteiger partial charge >= 0.3 is 5.97 Å². The normalized spacial score (nSPS) is 17.3. The lowest BCUT2D eigenvalue weighted by Crippen LogP contribution is -2.41. The molecule has 9 nitrogen and oxygen atoms in total. The second-order valence-corrected chi connectivity index (χ2v) is 6.92. The highest BCUT2D eigenvalue weighted by molar-refractivity contribution is 6.19. The summed E-state index contributed by atoms with van der Waals surface area (Å²) in [6.45, 7) is -0.257. The molecule has 0 unspecified atom stereocenters. The molecule has 1 aliphatic carbocycles. The van der Waals surface area contributed by atoms with Crippen LogP contribution in [0.3, 0.4) is 0 Å². The van der Waals surface area contributed by atoms with Crippen LogP contribution >= 0.6 is 0 Å². The summed E-state index contributed by atoms with van der Waals surface area (Å²) >= 11 is 0. The highest BCUT2D eigenvalue weighted by Crippen LogP contribution is 2.21. The summed E-state index contributed by atoms with van der Waals surface area (Å²) in [5.74, 6) is -2.21. The maximum atomic E-state index is 11.5. The molecule has 1 aromatic rings. The first-order valence-electron chi connectivity index (χ1n) is 9.63. The van der Waals surface area contributed by atoms with Crippen LogP contribution in [-0.4, -0.2) is 64.1 Å². The molecule has 2 amide bonds. The van der Waals surface area contributed by atoms with Crippen molar-refractivity contribution in [1.82, 2.24) is 15.2 Å². The van der Waals surface area contributed by atoms with Crippen molar-refractivity contribution < 1.29 is 29.3 Å². The van der Waals surface area contributed by atoms with Gasteiger partial charge < -0.3 is 25.2 Å². The molecule has 2 aliphatic rings. The van der Waals surface area contributed by atoms with E-state index in [1.165, 1.54) is 44.1 Å². The number of nitrogens with one attached hydrogen (secondary N) is 1. The number of likely N-dealkylation sites (N-methyl/N-ethyl adjacent to an activating group) is 1. The van der Waals surface area contributed by atoms with Crippen LogP contribution in [-0.2, 0) is 14.4 Å². The van der Waals surface area contributed by atoms with Gasteiger partial charge in [0.2, 0.25) is 5.88 Å². The third-order valence-electron chi connectivity index (χ3n) is 4.64. The van der Waals surface area contributed by atoms with Gasteiger partial charge in [-0.25, -0.2) is 4.98 Å². The minimum Gasteiger partial charge on any atom is -0.511 e. The maximum absolute atomic E-state index is 11.5. The molecule has 0 bridgehead atoms. The number of aliphatic hydroxyl groups excluding tert-OH is 1. The van der Waals surface area contributed by atoms with Gasteiger partial charge in [0.25, 0.3) is 11.8 Å². The fourth-order valence-corrected chi connectivity index (χ4v) is 3.06. The molecular weight excluding hydrogens is 378 g/mol. The molecule has 0 spiro atoms. The molecule has 3 N–H and O–H groups in total. The number of pyridine rings is 1. The Balaban J connectivity index is 0.000000211. The standard InChI is InChI=1S/C11H15NO.C9H12N2O5/c1-2-6-10(7-3-1)13-11-8-4-5-9-12-11;1-11-3-2-5(12)7(9(11)16)8(15)10-4-6(13)14/h4-5,8-10H,1-3,6-7H2;12H,2-4H2,1H3,(H,10,15)(H,13,14). The topological polar surface area (TPSA) is 129 Å². The zero-order valence-electron chi connectivity index (χ0n) is 16.5. The summed E-state index contributed by atoms with van der Waals surface area (Å²) in [5.41, 5.74) is -0.380. The highest BCUT2D eigenvalue weighted by atomic mass is 16.5. The molecule has 3 rings (SSSR count). The van der Waals surface area contributed by atoms with E-state index in [2.05, 4.69) is 4.98 Å². The van der Waals surface area contributed by atoms with E-state index in [1.54, 1.807) is 6.20 Å². The number of carbonyl (C=O) groups is 3. The monoisotopic (exact) mass is 405 g/mol. The van der Waals surface area contributed by atoms with Crippen LogP contribution in [0.2, 0.25) is 0 Å². The van der Waals surface area contributed by atoms with Crippen LogP contribution in [0.15, 0.2) is 35.7 Å². The van der Waals surface area contributed by atoms with Crippen LogP contribution in [0, 0.1) is 0 Å². The zero-order chi connectivity index (χ0) is 21.2. The molecule has 1 aromatic heterocycles. The van der Waals surface area contributed by atoms with Gasteiger partial charge in [0.15, 0.2) is 0 Å². The van der Waals surface area contributed by atoms with Crippen molar-refractivity contribution in [2.75, 3.05) is 20.1 Å². The van der Waals surface area contributed by atoms with Crippen LogP contribution in [0.5, 0.6) is 5.88 Å². The van der Waals surface area contributed by atoms with Gasteiger partial charge in [-0.15, -0.1) is 0 Å². The molecular formula is C20H27N3O6. The van der Waals surface area contributed by atoms with Gasteiger partial charge in [0, 0.05) is 32.3 Å². The Hall–Kier alpha value is -3.10. The largest absolute Gasteiger partial charge is 0.511 e. The zero-order valence-corrected chi connectivity index (χ0v) is 16.5. The quantitative estimate of drug-likeness (QED) is 0.635. The van der Waals surface area contributed by atoms with Crippen LogP contribution < -0.4 is 10.1 Å². The first-order chi connectivity index (χ1) is 13.9. The van der Waals surface area contributed by atoms with Gasteiger partial charge in [-0.05, 0) is 31.7 Å². The molecule has 2 heterocycles. The molecule has 1 aliphatic heterocycles. The number of nitrogens with zero attached hydrogens (tertiary/aromatic N) is 2. The molecule has 158 valence electrons.